The van der Waals surface area contributed by atoms with Gasteiger partial charge in [-0.05, 0) is 25.0 Å². The minimum absolute atomic E-state index is 0.0187. The van der Waals surface area contributed by atoms with Crippen molar-refractivity contribution in [1.82, 2.24) is 0 Å². The first kappa shape index (κ1) is 11.0. The lowest BCUT2D eigenvalue weighted by molar-refractivity contribution is -0.123. The van der Waals surface area contributed by atoms with Gasteiger partial charge in [-0.15, -0.1) is 0 Å². The van der Waals surface area contributed by atoms with E-state index in [1.165, 1.54) is 0 Å². The van der Waals surface area contributed by atoms with Crippen LogP contribution in [0.15, 0.2) is 24.3 Å². The summed E-state index contributed by atoms with van der Waals surface area (Å²) in [5.74, 6) is 0.762. The molecule has 0 saturated heterocycles. The van der Waals surface area contributed by atoms with E-state index in [1.54, 1.807) is 0 Å². The summed E-state index contributed by atoms with van der Waals surface area (Å²) in [6.07, 6.45) is 3.83. The number of rotatable bonds is 4. The standard InChI is InChI=1S/C13H17NO2/c1-2-3-4-9-12-13(15)14-10-7-5-6-8-11(10)16-12/h5-8,12H,2-4,9H2,1H3,(H,14,15). The van der Waals surface area contributed by atoms with Crippen molar-refractivity contribution in [2.45, 2.75) is 38.7 Å². The van der Waals surface area contributed by atoms with Crippen molar-refractivity contribution >= 4 is 11.6 Å². The molecule has 1 unspecified atom stereocenters. The van der Waals surface area contributed by atoms with Crippen LogP contribution in [0.5, 0.6) is 5.75 Å². The largest absolute Gasteiger partial charge is 0.478 e. The molecule has 0 aliphatic carbocycles. The van der Waals surface area contributed by atoms with Gasteiger partial charge in [0.25, 0.3) is 5.91 Å². The van der Waals surface area contributed by atoms with E-state index in [9.17, 15) is 4.79 Å². The zero-order chi connectivity index (χ0) is 11.4. The Kier molecular flexibility index (Phi) is 3.44. The van der Waals surface area contributed by atoms with Gasteiger partial charge < -0.3 is 10.1 Å². The first-order valence-corrected chi connectivity index (χ1v) is 5.88. The van der Waals surface area contributed by atoms with E-state index in [0.29, 0.717) is 0 Å². The van der Waals surface area contributed by atoms with Crippen LogP contribution in [0.1, 0.15) is 32.6 Å². The fraction of sp³-hybridized carbons (Fsp3) is 0.462. The quantitative estimate of drug-likeness (QED) is 0.790. The van der Waals surface area contributed by atoms with Gasteiger partial charge >= 0.3 is 0 Å². The summed E-state index contributed by atoms with van der Waals surface area (Å²) in [4.78, 5) is 11.7. The highest BCUT2D eigenvalue weighted by atomic mass is 16.5. The number of nitrogens with one attached hydrogen (secondary N) is 1. The molecule has 16 heavy (non-hydrogen) atoms. The maximum atomic E-state index is 11.7. The van der Waals surface area contributed by atoms with Crippen LogP contribution in [0.3, 0.4) is 0 Å². The number of amides is 1. The normalized spacial score (nSPS) is 18.6. The highest BCUT2D eigenvalue weighted by molar-refractivity contribution is 5.97. The Labute approximate surface area is 95.8 Å². The second kappa shape index (κ2) is 5.01. The lowest BCUT2D eigenvalue weighted by Crippen LogP contribution is -2.36. The van der Waals surface area contributed by atoms with Crippen molar-refractivity contribution in [2.75, 3.05) is 5.32 Å². The molecule has 1 aromatic rings. The molecule has 1 aromatic carbocycles. The van der Waals surface area contributed by atoms with E-state index in [0.717, 1.165) is 37.1 Å². The first-order valence-electron chi connectivity index (χ1n) is 5.88. The summed E-state index contributed by atoms with van der Waals surface area (Å²) in [6.45, 7) is 2.15. The van der Waals surface area contributed by atoms with E-state index in [1.807, 2.05) is 24.3 Å². The minimum atomic E-state index is -0.318. The number of para-hydroxylation sites is 2. The SMILES string of the molecule is CCCCCC1Oc2ccccc2NC1=O. The average molecular weight is 219 g/mol. The molecular formula is C13H17NO2. The predicted octanol–water partition coefficient (Wildman–Crippen LogP) is 2.97. The Morgan fingerprint density at radius 1 is 1.31 bits per heavy atom. The van der Waals surface area contributed by atoms with Gasteiger partial charge in [0, 0.05) is 0 Å². The van der Waals surface area contributed by atoms with E-state index < -0.39 is 0 Å². The molecular weight excluding hydrogens is 202 g/mol. The number of benzene rings is 1. The summed E-state index contributed by atoms with van der Waals surface area (Å²) in [5, 5.41) is 2.87. The molecule has 1 N–H and O–H groups in total. The second-order valence-corrected chi connectivity index (χ2v) is 4.09. The van der Waals surface area contributed by atoms with Crippen LogP contribution in [0.2, 0.25) is 0 Å². The lowest BCUT2D eigenvalue weighted by Gasteiger charge is -2.25. The maximum Gasteiger partial charge on any atom is 0.265 e. The maximum absolute atomic E-state index is 11.7. The summed E-state index contributed by atoms with van der Waals surface area (Å²) in [5.41, 5.74) is 0.777. The van der Waals surface area contributed by atoms with Gasteiger partial charge in [0.15, 0.2) is 6.10 Å². The molecule has 0 spiro atoms. The molecule has 3 heteroatoms. The third kappa shape index (κ3) is 2.35. The van der Waals surface area contributed by atoms with Crippen molar-refractivity contribution in [3.8, 4) is 5.75 Å². The van der Waals surface area contributed by atoms with Gasteiger partial charge in [-0.2, -0.15) is 0 Å². The smallest absolute Gasteiger partial charge is 0.265 e. The van der Waals surface area contributed by atoms with Gasteiger partial charge in [-0.1, -0.05) is 31.9 Å². The van der Waals surface area contributed by atoms with Crippen LogP contribution in [0, 0.1) is 0 Å². The summed E-state index contributed by atoms with van der Waals surface area (Å²) in [6, 6.07) is 7.55. The number of fused-ring (bicyclic) bond motifs is 1. The van der Waals surface area contributed by atoms with Gasteiger partial charge in [0.1, 0.15) is 5.75 Å². The van der Waals surface area contributed by atoms with Crippen molar-refractivity contribution in [3.63, 3.8) is 0 Å². The molecule has 0 fully saturated rings. The Bertz CT molecular complexity index is 376. The van der Waals surface area contributed by atoms with Crippen LogP contribution < -0.4 is 10.1 Å². The number of unbranched alkanes of at least 4 members (excludes halogenated alkanes) is 2. The van der Waals surface area contributed by atoms with Crippen molar-refractivity contribution in [3.05, 3.63) is 24.3 Å². The molecule has 0 aromatic heterocycles. The molecule has 0 bridgehead atoms. The Morgan fingerprint density at radius 3 is 2.94 bits per heavy atom. The first-order chi connectivity index (χ1) is 7.81. The second-order valence-electron chi connectivity index (χ2n) is 4.09. The molecule has 1 atom stereocenters. The summed E-state index contributed by atoms with van der Waals surface area (Å²) < 4.78 is 5.68. The number of hydrogen-bond acceptors (Lipinski definition) is 2. The van der Waals surface area contributed by atoms with Crippen LogP contribution in [-0.2, 0) is 4.79 Å². The fourth-order valence-corrected chi connectivity index (χ4v) is 1.86. The van der Waals surface area contributed by atoms with Gasteiger partial charge in [-0.25, -0.2) is 0 Å². The van der Waals surface area contributed by atoms with Gasteiger partial charge in [0.2, 0.25) is 0 Å². The Hall–Kier alpha value is -1.51. The van der Waals surface area contributed by atoms with Crippen molar-refractivity contribution in [1.29, 1.82) is 0 Å². The van der Waals surface area contributed by atoms with Crippen LogP contribution in [0.25, 0.3) is 0 Å². The molecule has 1 aliphatic heterocycles. The number of ether oxygens (including phenoxy) is 1. The molecule has 1 heterocycles. The highest BCUT2D eigenvalue weighted by Gasteiger charge is 2.26. The van der Waals surface area contributed by atoms with E-state index in [4.69, 9.17) is 4.74 Å². The average Bonchev–Trinajstić information content (AvgIpc) is 2.30. The Morgan fingerprint density at radius 2 is 2.12 bits per heavy atom. The van der Waals surface area contributed by atoms with E-state index in [2.05, 4.69) is 12.2 Å². The molecule has 0 radical (unpaired) electrons. The lowest BCUT2D eigenvalue weighted by atomic mass is 10.1. The number of hydrogen-bond donors (Lipinski definition) is 1. The molecule has 0 saturated carbocycles. The zero-order valence-corrected chi connectivity index (χ0v) is 9.53. The van der Waals surface area contributed by atoms with E-state index in [-0.39, 0.29) is 12.0 Å². The minimum Gasteiger partial charge on any atom is -0.478 e. The third-order valence-electron chi connectivity index (χ3n) is 2.78. The molecule has 86 valence electrons. The van der Waals surface area contributed by atoms with Crippen LogP contribution in [0.4, 0.5) is 5.69 Å². The number of carbonyl (C=O) groups excluding carboxylic acids is 1. The summed E-state index contributed by atoms with van der Waals surface area (Å²) in [7, 11) is 0. The highest BCUT2D eigenvalue weighted by Crippen LogP contribution is 2.29. The predicted molar refractivity (Wildman–Crippen MR) is 63.6 cm³/mol. The number of carbonyl (C=O) groups is 1. The van der Waals surface area contributed by atoms with Gasteiger partial charge in [-0.3, -0.25) is 4.79 Å². The van der Waals surface area contributed by atoms with Crippen LogP contribution >= 0.6 is 0 Å². The molecule has 1 amide bonds. The van der Waals surface area contributed by atoms with Crippen LogP contribution in [-0.4, -0.2) is 12.0 Å². The third-order valence-corrected chi connectivity index (χ3v) is 2.78. The van der Waals surface area contributed by atoms with E-state index >= 15 is 0 Å². The zero-order valence-electron chi connectivity index (χ0n) is 9.53. The van der Waals surface area contributed by atoms with Crippen molar-refractivity contribution in [2.24, 2.45) is 0 Å². The molecule has 1 aliphatic rings. The topological polar surface area (TPSA) is 38.3 Å². The molecule has 2 rings (SSSR count). The Balaban J connectivity index is 2.01. The van der Waals surface area contributed by atoms with Gasteiger partial charge in [0.05, 0.1) is 5.69 Å². The molecule has 3 nitrogen and oxygen atoms in total. The fourth-order valence-electron chi connectivity index (χ4n) is 1.86. The summed E-state index contributed by atoms with van der Waals surface area (Å²) >= 11 is 0. The number of anilines is 1. The monoisotopic (exact) mass is 219 g/mol. The van der Waals surface area contributed by atoms with Crippen molar-refractivity contribution < 1.29 is 9.53 Å².